The molecule has 2 aromatic rings. The summed E-state index contributed by atoms with van der Waals surface area (Å²) < 4.78 is 30.1. The van der Waals surface area contributed by atoms with Gasteiger partial charge in [0.2, 0.25) is 0 Å². The van der Waals surface area contributed by atoms with Crippen molar-refractivity contribution in [3.63, 3.8) is 0 Å². The van der Waals surface area contributed by atoms with Crippen LogP contribution in [0.4, 0.5) is 0 Å². The van der Waals surface area contributed by atoms with E-state index in [0.717, 1.165) is 0 Å². The number of carbonyl (C=O) groups is 1. The molecular formula is C18H21N5O4S. The van der Waals surface area contributed by atoms with E-state index in [-0.39, 0.29) is 5.78 Å². The Kier molecular flexibility index (Phi) is 4.94. The second-order valence-electron chi connectivity index (χ2n) is 6.67. The molecule has 0 radical (unpaired) electrons. The van der Waals surface area contributed by atoms with Crippen LogP contribution in [0.25, 0.3) is 5.78 Å². The van der Waals surface area contributed by atoms with Gasteiger partial charge in [-0.3, -0.25) is 4.79 Å². The molecule has 0 spiro atoms. The minimum Gasteiger partial charge on any atom is -0.481 e. The van der Waals surface area contributed by atoms with E-state index in [1.807, 2.05) is 0 Å². The van der Waals surface area contributed by atoms with Crippen molar-refractivity contribution in [2.45, 2.75) is 38.4 Å². The maximum Gasteiger partial charge on any atom is 0.312 e. The monoisotopic (exact) mass is 403 g/mol. The Labute approximate surface area is 162 Å². The van der Waals surface area contributed by atoms with E-state index in [9.17, 15) is 18.3 Å². The molecule has 2 heterocycles. The van der Waals surface area contributed by atoms with E-state index in [1.54, 1.807) is 52.0 Å². The highest BCUT2D eigenvalue weighted by atomic mass is 32.2. The normalized spacial score (nSPS) is 22.7. The molecule has 0 aliphatic heterocycles. The highest BCUT2D eigenvalue weighted by molar-refractivity contribution is 7.89. The lowest BCUT2D eigenvalue weighted by atomic mass is 9.75. The summed E-state index contributed by atoms with van der Waals surface area (Å²) in [6, 6.07) is 1.76. The van der Waals surface area contributed by atoms with Crippen molar-refractivity contribution in [1.29, 1.82) is 0 Å². The number of aliphatic carboxylic acids is 1. The Hall–Kier alpha value is -2.85. The lowest BCUT2D eigenvalue weighted by Gasteiger charge is -2.37. The van der Waals surface area contributed by atoms with Gasteiger partial charge in [0.15, 0.2) is 0 Å². The summed E-state index contributed by atoms with van der Waals surface area (Å²) in [6.45, 7) is 6.91. The molecule has 148 valence electrons. The van der Waals surface area contributed by atoms with Gasteiger partial charge in [-0.2, -0.15) is 9.71 Å². The topological polar surface area (TPSA) is 127 Å². The predicted molar refractivity (Wildman–Crippen MR) is 102 cm³/mol. The number of nitrogens with zero attached hydrogens (tertiary/aromatic N) is 4. The zero-order valence-electron chi connectivity index (χ0n) is 15.9. The smallest absolute Gasteiger partial charge is 0.312 e. The molecule has 2 N–H and O–H groups in total. The number of allylic oxidation sites excluding steroid dienone is 3. The molecule has 3 rings (SSSR count). The number of carboxylic acids is 1. The standard InChI is InChI=1S/C18H21N5O4S/c1-5-9-18(11(2)7-6-8-14(18)15(24)25)22-28(26,27)17-20-16-19-12(3)10-13(4)23(16)21-17/h5-10,14,22H,1-4H3,(H,24,25)/b9-5-. The molecule has 2 unspecified atom stereocenters. The maximum atomic E-state index is 13.1. The number of rotatable bonds is 5. The van der Waals surface area contributed by atoms with Crippen LogP contribution in [0.2, 0.25) is 0 Å². The highest BCUT2D eigenvalue weighted by Crippen LogP contribution is 2.34. The maximum absolute atomic E-state index is 13.1. The van der Waals surface area contributed by atoms with E-state index in [1.165, 1.54) is 16.7 Å². The minimum absolute atomic E-state index is 0.156. The summed E-state index contributed by atoms with van der Waals surface area (Å²) >= 11 is 0. The highest BCUT2D eigenvalue weighted by Gasteiger charge is 2.46. The fourth-order valence-corrected chi connectivity index (χ4v) is 4.61. The van der Waals surface area contributed by atoms with E-state index >= 15 is 0 Å². The number of carboxylic acid groups (broad SMARTS) is 1. The molecule has 28 heavy (non-hydrogen) atoms. The van der Waals surface area contributed by atoms with Gasteiger partial charge in [-0.1, -0.05) is 30.4 Å². The number of sulfonamides is 1. The van der Waals surface area contributed by atoms with E-state index in [0.29, 0.717) is 17.0 Å². The van der Waals surface area contributed by atoms with E-state index in [4.69, 9.17) is 0 Å². The molecule has 1 aliphatic rings. The second-order valence-corrected chi connectivity index (χ2v) is 8.25. The van der Waals surface area contributed by atoms with Crippen LogP contribution in [0.1, 0.15) is 25.2 Å². The number of fused-ring (bicyclic) bond motifs is 1. The second kappa shape index (κ2) is 6.95. The quantitative estimate of drug-likeness (QED) is 0.725. The van der Waals surface area contributed by atoms with Crippen LogP contribution in [0.15, 0.2) is 47.2 Å². The molecule has 2 atom stereocenters. The number of hydrogen-bond donors (Lipinski definition) is 2. The number of hydrogen-bond acceptors (Lipinski definition) is 6. The van der Waals surface area contributed by atoms with Gasteiger partial charge in [0, 0.05) is 11.4 Å². The molecule has 0 bridgehead atoms. The average molecular weight is 403 g/mol. The van der Waals surface area contributed by atoms with Gasteiger partial charge in [0.25, 0.3) is 21.0 Å². The lowest BCUT2D eigenvalue weighted by molar-refractivity contribution is -0.141. The van der Waals surface area contributed by atoms with Crippen LogP contribution in [0.5, 0.6) is 0 Å². The zero-order valence-corrected chi connectivity index (χ0v) is 16.7. The van der Waals surface area contributed by atoms with Gasteiger partial charge in [-0.25, -0.2) is 17.9 Å². The summed E-state index contributed by atoms with van der Waals surface area (Å²) in [5.41, 5.74) is 0.434. The molecule has 0 fully saturated rings. The average Bonchev–Trinajstić information content (AvgIpc) is 3.02. The van der Waals surface area contributed by atoms with Crippen LogP contribution in [0.3, 0.4) is 0 Å². The molecule has 0 aromatic carbocycles. The van der Waals surface area contributed by atoms with Gasteiger partial charge in [0.1, 0.15) is 5.92 Å². The number of aromatic nitrogens is 4. The SMILES string of the molecule is C/C=C\C1(NS(=O)(=O)c2nc3nc(C)cc(C)n3n2)C(C)=CC=CC1C(=O)O. The van der Waals surface area contributed by atoms with Crippen molar-refractivity contribution in [3.8, 4) is 0 Å². The third-order valence-corrected chi connectivity index (χ3v) is 5.89. The molecule has 9 nitrogen and oxygen atoms in total. The van der Waals surface area contributed by atoms with Crippen LogP contribution >= 0.6 is 0 Å². The van der Waals surface area contributed by atoms with Crippen molar-refractivity contribution in [3.05, 3.63) is 53.4 Å². The van der Waals surface area contributed by atoms with E-state index < -0.39 is 32.6 Å². The van der Waals surface area contributed by atoms with Crippen LogP contribution in [-0.2, 0) is 14.8 Å². The predicted octanol–water partition coefficient (Wildman–Crippen LogP) is 1.55. The molecule has 0 saturated carbocycles. The summed E-state index contributed by atoms with van der Waals surface area (Å²) in [6.07, 6.45) is 7.87. The molecule has 0 saturated heterocycles. The summed E-state index contributed by atoms with van der Waals surface area (Å²) in [5.74, 6) is -2.12. The first kappa shape index (κ1) is 19.9. The van der Waals surface area contributed by atoms with Gasteiger partial charge in [-0.05, 0) is 39.3 Å². The summed E-state index contributed by atoms with van der Waals surface area (Å²) in [7, 11) is -4.25. The lowest BCUT2D eigenvalue weighted by Crippen LogP contribution is -2.55. The van der Waals surface area contributed by atoms with Gasteiger partial charge >= 0.3 is 5.97 Å². The first-order valence-corrected chi connectivity index (χ1v) is 10.1. The summed E-state index contributed by atoms with van der Waals surface area (Å²) in [5, 5.41) is 13.3. The summed E-state index contributed by atoms with van der Waals surface area (Å²) in [4.78, 5) is 20.1. The van der Waals surface area contributed by atoms with Crippen molar-refractivity contribution in [2.24, 2.45) is 5.92 Å². The number of nitrogens with one attached hydrogen (secondary N) is 1. The Morgan fingerprint density at radius 1 is 1.32 bits per heavy atom. The Bertz CT molecular complexity index is 1150. The molecular weight excluding hydrogens is 382 g/mol. The Morgan fingerprint density at radius 3 is 2.68 bits per heavy atom. The van der Waals surface area contributed by atoms with Crippen molar-refractivity contribution in [1.82, 2.24) is 24.3 Å². The van der Waals surface area contributed by atoms with Gasteiger partial charge < -0.3 is 5.11 Å². The Morgan fingerprint density at radius 2 is 2.04 bits per heavy atom. The van der Waals surface area contributed by atoms with Gasteiger partial charge in [0.05, 0.1) is 5.54 Å². The minimum atomic E-state index is -4.25. The third kappa shape index (κ3) is 3.25. The molecule has 2 aromatic heterocycles. The first-order valence-electron chi connectivity index (χ1n) is 8.58. The van der Waals surface area contributed by atoms with Crippen LogP contribution < -0.4 is 4.72 Å². The Balaban J connectivity index is 2.13. The number of aryl methyl sites for hydroxylation is 2. The van der Waals surface area contributed by atoms with Crippen LogP contribution in [-0.4, -0.2) is 44.6 Å². The first-order chi connectivity index (χ1) is 13.1. The third-order valence-electron chi connectivity index (χ3n) is 4.63. The molecule has 0 amide bonds. The fourth-order valence-electron chi connectivity index (χ4n) is 3.33. The van der Waals surface area contributed by atoms with Crippen molar-refractivity contribution in [2.75, 3.05) is 0 Å². The van der Waals surface area contributed by atoms with Crippen molar-refractivity contribution < 1.29 is 18.3 Å². The fraction of sp³-hybridized carbons (Fsp3) is 0.333. The van der Waals surface area contributed by atoms with Crippen LogP contribution in [0, 0.1) is 19.8 Å². The van der Waals surface area contributed by atoms with Gasteiger partial charge in [-0.15, -0.1) is 5.10 Å². The zero-order chi connectivity index (χ0) is 20.7. The molecule has 10 heteroatoms. The largest absolute Gasteiger partial charge is 0.481 e. The van der Waals surface area contributed by atoms with E-state index in [2.05, 4.69) is 19.8 Å². The molecule has 1 aliphatic carbocycles. The van der Waals surface area contributed by atoms with Crippen molar-refractivity contribution >= 4 is 21.8 Å².